The predicted molar refractivity (Wildman–Crippen MR) is 66.2 cm³/mol. The van der Waals surface area contributed by atoms with Gasteiger partial charge in [-0.05, 0) is 12.5 Å². The molecule has 1 aromatic heterocycles. The molecular formula is C13H15N3O. The van der Waals surface area contributed by atoms with E-state index in [4.69, 9.17) is 4.74 Å². The van der Waals surface area contributed by atoms with Gasteiger partial charge in [-0.25, -0.2) is 4.98 Å². The maximum Gasteiger partial charge on any atom is 0.203 e. The molecule has 3 rings (SSSR count). The summed E-state index contributed by atoms with van der Waals surface area (Å²) in [5, 5.41) is 3.44. The number of methoxy groups -OCH3 is 1. The maximum atomic E-state index is 5.40. The van der Waals surface area contributed by atoms with Crippen LogP contribution in [0.3, 0.4) is 0 Å². The van der Waals surface area contributed by atoms with Crippen molar-refractivity contribution in [2.75, 3.05) is 12.4 Å². The average molecular weight is 229 g/mol. The summed E-state index contributed by atoms with van der Waals surface area (Å²) >= 11 is 0. The monoisotopic (exact) mass is 229 g/mol. The SMILES string of the molecule is COc1ccccc1C1CCn2ccnc2N1. The van der Waals surface area contributed by atoms with Gasteiger partial charge in [-0.2, -0.15) is 0 Å². The second-order valence-electron chi connectivity index (χ2n) is 4.17. The minimum Gasteiger partial charge on any atom is -0.496 e. The Morgan fingerprint density at radius 1 is 1.41 bits per heavy atom. The molecule has 0 fully saturated rings. The molecule has 0 radical (unpaired) electrons. The third kappa shape index (κ3) is 1.75. The van der Waals surface area contributed by atoms with Crippen LogP contribution in [0.2, 0.25) is 0 Å². The first-order valence-corrected chi connectivity index (χ1v) is 5.79. The zero-order valence-electron chi connectivity index (χ0n) is 9.76. The molecule has 4 nitrogen and oxygen atoms in total. The van der Waals surface area contributed by atoms with E-state index in [1.54, 1.807) is 7.11 Å². The van der Waals surface area contributed by atoms with Crippen LogP contribution in [0.1, 0.15) is 18.0 Å². The van der Waals surface area contributed by atoms with E-state index in [1.165, 1.54) is 5.56 Å². The lowest BCUT2D eigenvalue weighted by Gasteiger charge is -2.26. The summed E-state index contributed by atoms with van der Waals surface area (Å²) in [5.41, 5.74) is 1.20. The molecule has 1 N–H and O–H groups in total. The van der Waals surface area contributed by atoms with Crippen molar-refractivity contribution in [2.45, 2.75) is 19.0 Å². The number of fused-ring (bicyclic) bond motifs is 1. The summed E-state index contributed by atoms with van der Waals surface area (Å²) in [6.45, 7) is 0.991. The molecule has 0 spiro atoms. The van der Waals surface area contributed by atoms with Gasteiger partial charge in [0.15, 0.2) is 0 Å². The average Bonchev–Trinajstić information content (AvgIpc) is 2.85. The van der Waals surface area contributed by atoms with Gasteiger partial charge in [0, 0.05) is 24.5 Å². The highest BCUT2D eigenvalue weighted by atomic mass is 16.5. The van der Waals surface area contributed by atoms with E-state index < -0.39 is 0 Å². The summed E-state index contributed by atoms with van der Waals surface area (Å²) in [6.07, 6.45) is 4.87. The van der Waals surface area contributed by atoms with Crippen molar-refractivity contribution in [3.63, 3.8) is 0 Å². The number of nitrogens with one attached hydrogen (secondary N) is 1. The minimum absolute atomic E-state index is 0.279. The van der Waals surface area contributed by atoms with E-state index in [2.05, 4.69) is 20.9 Å². The van der Waals surface area contributed by atoms with Crippen molar-refractivity contribution < 1.29 is 4.74 Å². The van der Waals surface area contributed by atoms with Crippen LogP contribution in [-0.2, 0) is 6.54 Å². The second-order valence-corrected chi connectivity index (χ2v) is 4.17. The second kappa shape index (κ2) is 4.13. The van der Waals surface area contributed by atoms with Gasteiger partial charge < -0.3 is 14.6 Å². The van der Waals surface area contributed by atoms with Crippen LogP contribution in [-0.4, -0.2) is 16.7 Å². The molecule has 0 amide bonds. The van der Waals surface area contributed by atoms with E-state index in [0.717, 1.165) is 24.7 Å². The van der Waals surface area contributed by atoms with Crippen molar-refractivity contribution in [1.29, 1.82) is 0 Å². The normalized spacial score (nSPS) is 18.3. The molecular weight excluding hydrogens is 214 g/mol. The van der Waals surface area contributed by atoms with E-state index in [1.807, 2.05) is 30.6 Å². The first-order chi connectivity index (χ1) is 8.38. The van der Waals surface area contributed by atoms with Crippen molar-refractivity contribution in [2.24, 2.45) is 0 Å². The van der Waals surface area contributed by atoms with Crippen LogP contribution in [0.5, 0.6) is 5.75 Å². The Labute approximate surface area is 100 Å². The zero-order chi connectivity index (χ0) is 11.7. The highest BCUT2D eigenvalue weighted by molar-refractivity contribution is 5.42. The number of aromatic nitrogens is 2. The Kier molecular flexibility index (Phi) is 2.48. The highest BCUT2D eigenvalue weighted by Crippen LogP contribution is 2.32. The molecule has 0 saturated carbocycles. The van der Waals surface area contributed by atoms with Crippen molar-refractivity contribution >= 4 is 5.95 Å². The molecule has 0 saturated heterocycles. The predicted octanol–water partition coefficient (Wildman–Crippen LogP) is 2.45. The summed E-state index contributed by atoms with van der Waals surface area (Å²) in [5.74, 6) is 1.87. The molecule has 1 unspecified atom stereocenters. The number of hydrogen-bond acceptors (Lipinski definition) is 3. The number of aryl methyl sites for hydroxylation is 1. The van der Waals surface area contributed by atoms with Crippen LogP contribution in [0.4, 0.5) is 5.95 Å². The third-order valence-electron chi connectivity index (χ3n) is 3.19. The lowest BCUT2D eigenvalue weighted by Crippen LogP contribution is -2.22. The van der Waals surface area contributed by atoms with Crippen molar-refractivity contribution in [3.8, 4) is 5.75 Å². The topological polar surface area (TPSA) is 39.1 Å². The number of benzene rings is 1. The zero-order valence-corrected chi connectivity index (χ0v) is 9.76. The van der Waals surface area contributed by atoms with Crippen LogP contribution in [0.15, 0.2) is 36.7 Å². The standard InChI is InChI=1S/C13H15N3O/c1-17-12-5-3-2-4-10(12)11-6-8-16-9-7-14-13(16)15-11/h2-5,7,9,11H,6,8H2,1H3,(H,14,15). The molecule has 0 bridgehead atoms. The fourth-order valence-corrected chi connectivity index (χ4v) is 2.31. The molecule has 4 heteroatoms. The number of imidazole rings is 1. The molecule has 1 atom stereocenters. The van der Waals surface area contributed by atoms with Gasteiger partial charge in [0.25, 0.3) is 0 Å². The van der Waals surface area contributed by atoms with Gasteiger partial charge >= 0.3 is 0 Å². The quantitative estimate of drug-likeness (QED) is 0.859. The smallest absolute Gasteiger partial charge is 0.203 e. The van der Waals surface area contributed by atoms with Gasteiger partial charge in [0.2, 0.25) is 5.95 Å². The molecule has 17 heavy (non-hydrogen) atoms. The largest absolute Gasteiger partial charge is 0.496 e. The van der Waals surface area contributed by atoms with E-state index in [9.17, 15) is 0 Å². The van der Waals surface area contributed by atoms with Gasteiger partial charge in [0.05, 0.1) is 13.2 Å². The van der Waals surface area contributed by atoms with E-state index >= 15 is 0 Å². The Balaban J connectivity index is 1.91. The van der Waals surface area contributed by atoms with Gasteiger partial charge in [-0.3, -0.25) is 0 Å². The van der Waals surface area contributed by atoms with Gasteiger partial charge in [-0.1, -0.05) is 18.2 Å². The minimum atomic E-state index is 0.279. The van der Waals surface area contributed by atoms with Crippen LogP contribution in [0.25, 0.3) is 0 Å². The van der Waals surface area contributed by atoms with Crippen LogP contribution >= 0.6 is 0 Å². The summed E-state index contributed by atoms with van der Waals surface area (Å²) < 4.78 is 7.53. The molecule has 2 aromatic rings. The fourth-order valence-electron chi connectivity index (χ4n) is 2.31. The lowest BCUT2D eigenvalue weighted by atomic mass is 10.0. The van der Waals surface area contributed by atoms with Crippen LogP contribution in [0, 0.1) is 0 Å². The van der Waals surface area contributed by atoms with Gasteiger partial charge in [0.1, 0.15) is 5.75 Å². The number of hydrogen-bond donors (Lipinski definition) is 1. The lowest BCUT2D eigenvalue weighted by molar-refractivity contribution is 0.402. The number of para-hydroxylation sites is 1. The number of rotatable bonds is 2. The first-order valence-electron chi connectivity index (χ1n) is 5.79. The van der Waals surface area contributed by atoms with E-state index in [0.29, 0.717) is 0 Å². The Morgan fingerprint density at radius 2 is 2.29 bits per heavy atom. The molecule has 1 aliphatic rings. The highest BCUT2D eigenvalue weighted by Gasteiger charge is 2.21. The summed E-state index contributed by atoms with van der Waals surface area (Å²) in [4.78, 5) is 4.30. The molecule has 1 aliphatic heterocycles. The molecule has 1 aromatic carbocycles. The van der Waals surface area contributed by atoms with Crippen molar-refractivity contribution in [1.82, 2.24) is 9.55 Å². The van der Waals surface area contributed by atoms with Crippen molar-refractivity contribution in [3.05, 3.63) is 42.2 Å². The number of nitrogens with zero attached hydrogens (tertiary/aromatic N) is 2. The van der Waals surface area contributed by atoms with E-state index in [-0.39, 0.29) is 6.04 Å². The molecule has 2 heterocycles. The Morgan fingerprint density at radius 3 is 3.18 bits per heavy atom. The van der Waals surface area contributed by atoms with Gasteiger partial charge in [-0.15, -0.1) is 0 Å². The Hall–Kier alpha value is -1.97. The molecule has 0 aliphatic carbocycles. The first kappa shape index (κ1) is 10.2. The molecule has 88 valence electrons. The number of ether oxygens (including phenoxy) is 1. The maximum absolute atomic E-state index is 5.40. The Bertz CT molecular complexity index is 521. The number of anilines is 1. The van der Waals surface area contributed by atoms with Crippen LogP contribution < -0.4 is 10.1 Å². The fraction of sp³-hybridized carbons (Fsp3) is 0.308. The summed E-state index contributed by atoms with van der Waals surface area (Å²) in [7, 11) is 1.71. The summed E-state index contributed by atoms with van der Waals surface area (Å²) in [6, 6.07) is 8.42. The third-order valence-corrected chi connectivity index (χ3v) is 3.19.